The molecule has 1 aliphatic heterocycles. The number of ketones is 1. The monoisotopic (exact) mass is 626 g/mol. The van der Waals surface area contributed by atoms with E-state index in [-0.39, 0.29) is 71.1 Å². The molecule has 3 rings (SSSR count). The van der Waals surface area contributed by atoms with E-state index in [0.29, 0.717) is 29.2 Å². The Kier molecular flexibility index (Phi) is 10.1. The van der Waals surface area contributed by atoms with Gasteiger partial charge in [0.1, 0.15) is 11.5 Å². The first-order valence-electron chi connectivity index (χ1n) is 12.2. The van der Waals surface area contributed by atoms with Crippen molar-refractivity contribution in [2.45, 2.75) is 46.6 Å². The largest absolute Gasteiger partial charge is 0.491 e. The summed E-state index contributed by atoms with van der Waals surface area (Å²) in [5.74, 6) is -0.227. The molecule has 13 heteroatoms. The fourth-order valence-electron chi connectivity index (χ4n) is 4.06. The zero-order valence-electron chi connectivity index (χ0n) is 23.1. The van der Waals surface area contributed by atoms with E-state index in [1.165, 1.54) is 13.1 Å². The molecule has 1 aliphatic rings. The van der Waals surface area contributed by atoms with Gasteiger partial charge in [0.25, 0.3) is 5.91 Å². The van der Waals surface area contributed by atoms with Crippen molar-refractivity contribution in [3.05, 3.63) is 46.3 Å². The lowest BCUT2D eigenvalue weighted by molar-refractivity contribution is 0.0949. The molecule has 1 aromatic heterocycles. The predicted molar refractivity (Wildman–Crippen MR) is 152 cm³/mol. The van der Waals surface area contributed by atoms with Crippen LogP contribution in [0.5, 0.6) is 17.2 Å². The molecule has 214 valence electrons. The van der Waals surface area contributed by atoms with Gasteiger partial charge in [-0.25, -0.2) is 4.98 Å². The molecule has 0 unspecified atom stereocenters. The third-order valence-corrected chi connectivity index (χ3v) is 6.23. The number of hydrogen-bond donors (Lipinski definition) is 2. The van der Waals surface area contributed by atoms with Crippen LogP contribution >= 0.6 is 17.0 Å². The summed E-state index contributed by atoms with van der Waals surface area (Å²) < 4.78 is 40.5. The topological polar surface area (TPSA) is 148 Å². The van der Waals surface area contributed by atoms with Crippen LogP contribution in [-0.4, -0.2) is 68.9 Å². The molecule has 0 aliphatic carbocycles. The van der Waals surface area contributed by atoms with Gasteiger partial charge in [-0.15, -0.1) is 17.0 Å². The Morgan fingerprint density at radius 3 is 2.26 bits per heavy atom. The van der Waals surface area contributed by atoms with Crippen LogP contribution in [0.1, 0.15) is 72.3 Å². The highest BCUT2D eigenvalue weighted by Crippen LogP contribution is 2.41. The maximum absolute atomic E-state index is 13.5. The molecule has 39 heavy (non-hydrogen) atoms. The van der Waals surface area contributed by atoms with E-state index in [4.69, 9.17) is 19.1 Å². The first kappa shape index (κ1) is 32.0. The maximum atomic E-state index is 13.5. The van der Waals surface area contributed by atoms with Gasteiger partial charge in [-0.3, -0.25) is 15.0 Å². The number of Topliss-reactive ketones (excluding diaryl/α,β-unsaturated/α-hetero) is 1. The Bertz CT molecular complexity index is 1390. The summed E-state index contributed by atoms with van der Waals surface area (Å²) in [6, 6.07) is 4.74. The van der Waals surface area contributed by atoms with E-state index < -0.39 is 21.4 Å². The molecule has 2 N–H and O–H groups in total. The first-order valence-corrected chi connectivity index (χ1v) is 14.0. The maximum Gasteiger partial charge on any atom is 0.306 e. The van der Waals surface area contributed by atoms with Crippen LogP contribution in [0.2, 0.25) is 0 Å². The fraction of sp³-hybridized carbons (Fsp3) is 0.462. The predicted octanol–water partition coefficient (Wildman–Crippen LogP) is 3.48. The molecule has 11 nitrogen and oxygen atoms in total. The number of halogens is 1. The van der Waals surface area contributed by atoms with E-state index in [1.807, 2.05) is 20.8 Å². The summed E-state index contributed by atoms with van der Waals surface area (Å²) >= 11 is 0. The Morgan fingerprint density at radius 1 is 1.10 bits per heavy atom. The molecule has 0 fully saturated rings. The summed E-state index contributed by atoms with van der Waals surface area (Å²) in [5, 5.41) is 11.1. The lowest BCUT2D eigenvalue weighted by Gasteiger charge is -2.25. The normalized spacial score (nSPS) is 12.9. The molecule has 0 saturated heterocycles. The molecule has 1 aromatic carbocycles. The van der Waals surface area contributed by atoms with Crippen molar-refractivity contribution in [2.24, 2.45) is 0 Å². The van der Waals surface area contributed by atoms with Gasteiger partial charge >= 0.3 is 10.1 Å². The number of aromatic nitrogens is 1. The van der Waals surface area contributed by atoms with Crippen LogP contribution in [0.3, 0.4) is 0 Å². The SMILES string of the molecule is Br.CCOc1cc2c(nc1C(=O)NC)C(=N)N(CC(=O)c1cc(OCC)c(OS(C)(=O)=O)c(C(C)(C)C)c1)C2. The number of rotatable bonds is 10. The molecular formula is C26H35BrN4O7S. The molecular weight excluding hydrogens is 592 g/mol. The number of fused-ring (bicyclic) bond motifs is 1. The zero-order valence-corrected chi connectivity index (χ0v) is 25.7. The van der Waals surface area contributed by atoms with Gasteiger partial charge in [-0.05, 0) is 37.5 Å². The van der Waals surface area contributed by atoms with Gasteiger partial charge in [0.2, 0.25) is 0 Å². The van der Waals surface area contributed by atoms with Gasteiger partial charge in [0, 0.05) is 30.3 Å². The van der Waals surface area contributed by atoms with E-state index in [9.17, 15) is 18.0 Å². The summed E-state index contributed by atoms with van der Waals surface area (Å²) in [4.78, 5) is 31.7. The minimum atomic E-state index is -3.86. The number of carbonyl (C=O) groups excluding carboxylic acids is 2. The van der Waals surface area contributed by atoms with Gasteiger partial charge in [0.05, 0.1) is 26.0 Å². The Labute approximate surface area is 239 Å². The summed E-state index contributed by atoms with van der Waals surface area (Å²) in [5.41, 5.74) is 1.26. The number of nitrogens with zero attached hydrogens (tertiary/aromatic N) is 2. The smallest absolute Gasteiger partial charge is 0.306 e. The second-order valence-electron chi connectivity index (χ2n) is 9.80. The van der Waals surface area contributed by atoms with Gasteiger partial charge in [-0.1, -0.05) is 20.8 Å². The minimum absolute atomic E-state index is 0. The summed E-state index contributed by atoms with van der Waals surface area (Å²) in [6.45, 7) is 9.82. The minimum Gasteiger partial charge on any atom is -0.491 e. The van der Waals surface area contributed by atoms with E-state index in [0.717, 1.165) is 6.26 Å². The molecule has 0 saturated carbocycles. The Hall–Kier alpha value is -3.19. The van der Waals surface area contributed by atoms with Crippen molar-refractivity contribution in [1.82, 2.24) is 15.2 Å². The number of amides is 1. The third-order valence-electron chi connectivity index (χ3n) is 5.76. The average Bonchev–Trinajstić information content (AvgIpc) is 3.11. The summed E-state index contributed by atoms with van der Waals surface area (Å²) in [6.07, 6.45) is 0.950. The second kappa shape index (κ2) is 12.3. The van der Waals surface area contributed by atoms with Crippen LogP contribution in [0.15, 0.2) is 18.2 Å². The van der Waals surface area contributed by atoms with E-state index in [1.54, 1.807) is 30.9 Å². The summed E-state index contributed by atoms with van der Waals surface area (Å²) in [7, 11) is -2.37. The van der Waals surface area contributed by atoms with Crippen molar-refractivity contribution in [3.8, 4) is 17.2 Å². The van der Waals surface area contributed by atoms with Crippen LogP contribution in [0.25, 0.3) is 0 Å². The standard InChI is InChI=1S/C26H34N4O7S.BrH/c1-8-35-19-12-16-13-30(24(27)21(16)29-22(19)25(32)28-6)14-18(31)15-10-17(26(3,4)5)23(37-38(7,33)34)20(11-15)36-9-2;/h10-12,27H,8-9,13-14H2,1-7H3,(H,28,32);1H. The van der Waals surface area contributed by atoms with E-state index >= 15 is 0 Å². The molecule has 1 amide bonds. The molecule has 2 aromatic rings. The number of pyridine rings is 1. The van der Waals surface area contributed by atoms with Crippen molar-refractivity contribution in [1.29, 1.82) is 5.41 Å². The second-order valence-corrected chi connectivity index (χ2v) is 11.4. The highest BCUT2D eigenvalue weighted by Gasteiger charge is 2.32. The Balaban J connectivity index is 0.00000533. The highest BCUT2D eigenvalue weighted by atomic mass is 79.9. The average molecular weight is 628 g/mol. The number of carbonyl (C=O) groups is 2. The van der Waals surface area contributed by atoms with E-state index in [2.05, 4.69) is 10.3 Å². The van der Waals surface area contributed by atoms with Gasteiger partial charge in [-0.2, -0.15) is 8.42 Å². The fourth-order valence-corrected chi connectivity index (χ4v) is 4.53. The zero-order chi connectivity index (χ0) is 28.4. The van der Waals surface area contributed by atoms with Gasteiger partial charge < -0.3 is 23.9 Å². The van der Waals surface area contributed by atoms with Crippen LogP contribution in [0.4, 0.5) is 0 Å². The van der Waals surface area contributed by atoms with Crippen molar-refractivity contribution in [2.75, 3.05) is 33.1 Å². The number of nitrogens with one attached hydrogen (secondary N) is 2. The lowest BCUT2D eigenvalue weighted by atomic mass is 9.84. The lowest BCUT2D eigenvalue weighted by Crippen LogP contribution is -2.31. The molecule has 0 atom stereocenters. The van der Waals surface area contributed by atoms with Crippen LogP contribution in [0, 0.1) is 5.41 Å². The van der Waals surface area contributed by atoms with Crippen LogP contribution in [-0.2, 0) is 22.1 Å². The third kappa shape index (κ3) is 7.27. The van der Waals surface area contributed by atoms with Crippen LogP contribution < -0.4 is 19.0 Å². The number of benzene rings is 1. The van der Waals surface area contributed by atoms with Gasteiger partial charge in [0.15, 0.2) is 28.7 Å². The molecule has 2 heterocycles. The number of amidine groups is 1. The molecule has 0 bridgehead atoms. The van der Waals surface area contributed by atoms with Crippen molar-refractivity contribution >= 4 is 44.6 Å². The highest BCUT2D eigenvalue weighted by molar-refractivity contribution is 8.93. The molecule has 0 spiro atoms. The Morgan fingerprint density at radius 2 is 1.72 bits per heavy atom. The first-order chi connectivity index (χ1) is 17.7. The molecule has 0 radical (unpaired) electrons. The number of ether oxygens (including phenoxy) is 2. The quantitative estimate of drug-likeness (QED) is 0.299. The van der Waals surface area contributed by atoms with Crippen molar-refractivity contribution in [3.63, 3.8) is 0 Å². The number of hydrogen-bond acceptors (Lipinski definition) is 9. The van der Waals surface area contributed by atoms with Crippen molar-refractivity contribution < 1.29 is 31.7 Å².